The topological polar surface area (TPSA) is 107 Å². The summed E-state index contributed by atoms with van der Waals surface area (Å²) >= 11 is 6.22. The molecule has 4 saturated heterocycles. The highest BCUT2D eigenvalue weighted by Gasteiger charge is 2.47. The molecule has 4 aliphatic heterocycles. The zero-order valence-corrected chi connectivity index (χ0v) is 17.3. The standard InChI is InChI=1S/C18H34ClN7O2/c1-25-6-2-3-12(25)10-28-14-4-5-21-8-13(14)23-18(27)15-16(20)24-26-9-11(19)7-22-17(15)26/h11-17,21-22,24H,2-10,20H2,1H3,(H,23,27)/t11?,12-,13?,14?,15?,16?,17?/m0/s1. The summed E-state index contributed by atoms with van der Waals surface area (Å²) in [4.78, 5) is 15.5. The van der Waals surface area contributed by atoms with E-state index in [-0.39, 0.29) is 35.5 Å². The van der Waals surface area contributed by atoms with Gasteiger partial charge in [0.25, 0.3) is 0 Å². The molecule has 0 spiro atoms. The summed E-state index contributed by atoms with van der Waals surface area (Å²) in [5, 5.41) is 11.9. The zero-order chi connectivity index (χ0) is 19.7. The number of alkyl halides is 1. The van der Waals surface area contributed by atoms with Gasteiger partial charge in [0, 0.05) is 25.7 Å². The lowest BCUT2D eigenvalue weighted by Crippen LogP contribution is -2.61. The number of piperidine rings is 1. The minimum atomic E-state index is -0.428. The van der Waals surface area contributed by atoms with E-state index in [1.54, 1.807) is 0 Å². The summed E-state index contributed by atoms with van der Waals surface area (Å²) in [5.74, 6) is -0.402. The molecule has 9 nitrogen and oxygen atoms in total. The number of nitrogens with zero attached hydrogens (tertiary/aromatic N) is 2. The maximum Gasteiger partial charge on any atom is 0.229 e. The summed E-state index contributed by atoms with van der Waals surface area (Å²) in [6.45, 7) is 4.85. The minimum absolute atomic E-state index is 0.00630. The number of carbonyl (C=O) groups excluding carboxylic acids is 1. The number of amides is 1. The van der Waals surface area contributed by atoms with Crippen molar-refractivity contribution in [2.45, 2.75) is 55.2 Å². The fourth-order valence-corrected chi connectivity index (χ4v) is 5.10. The number of hydrazine groups is 1. The fraction of sp³-hybridized carbons (Fsp3) is 0.944. The first-order valence-corrected chi connectivity index (χ1v) is 11.0. The summed E-state index contributed by atoms with van der Waals surface area (Å²) in [6, 6.07) is 0.445. The summed E-state index contributed by atoms with van der Waals surface area (Å²) in [7, 11) is 2.16. The molecule has 10 heteroatoms. The van der Waals surface area contributed by atoms with Crippen molar-refractivity contribution in [1.82, 2.24) is 31.3 Å². The molecular formula is C18H34ClN7O2. The number of halogens is 1. The number of ether oxygens (including phenoxy) is 1. The van der Waals surface area contributed by atoms with Crippen molar-refractivity contribution < 1.29 is 9.53 Å². The number of nitrogens with two attached hydrogens (primary N) is 1. The van der Waals surface area contributed by atoms with Crippen molar-refractivity contribution in [3.05, 3.63) is 0 Å². The summed E-state index contributed by atoms with van der Waals surface area (Å²) < 4.78 is 6.27. The molecule has 1 amide bonds. The summed E-state index contributed by atoms with van der Waals surface area (Å²) in [6.07, 6.45) is 2.80. The Kier molecular flexibility index (Phi) is 6.74. The molecule has 28 heavy (non-hydrogen) atoms. The van der Waals surface area contributed by atoms with Crippen LogP contribution in [0.2, 0.25) is 0 Å². The molecule has 6 N–H and O–H groups in total. The molecule has 0 bridgehead atoms. The number of likely N-dealkylation sites (N-methyl/N-ethyl adjacent to an activating group) is 1. The Bertz CT molecular complexity index is 556. The first-order valence-electron chi connectivity index (χ1n) is 10.5. The quantitative estimate of drug-likeness (QED) is 0.335. The summed E-state index contributed by atoms with van der Waals surface area (Å²) in [5.41, 5.74) is 9.42. The van der Waals surface area contributed by atoms with Crippen LogP contribution in [0.15, 0.2) is 0 Å². The number of hydrogen-bond donors (Lipinski definition) is 5. The molecular weight excluding hydrogens is 382 g/mol. The molecule has 160 valence electrons. The minimum Gasteiger partial charge on any atom is -0.374 e. The van der Waals surface area contributed by atoms with Crippen LogP contribution in [0.25, 0.3) is 0 Å². The van der Waals surface area contributed by atoms with E-state index < -0.39 is 6.17 Å². The molecule has 6 unspecified atom stereocenters. The van der Waals surface area contributed by atoms with Crippen LogP contribution in [0.3, 0.4) is 0 Å². The molecule has 4 rings (SSSR count). The molecule has 7 atom stereocenters. The first-order chi connectivity index (χ1) is 13.5. The van der Waals surface area contributed by atoms with Crippen LogP contribution in [0.4, 0.5) is 0 Å². The van der Waals surface area contributed by atoms with E-state index in [1.165, 1.54) is 12.8 Å². The second kappa shape index (κ2) is 9.09. The SMILES string of the molecule is CN1CCC[C@H]1COC1CCNCC1NC(=O)C1C(N)NN2CC(Cl)CNC12. The Balaban J connectivity index is 1.34. The van der Waals surface area contributed by atoms with Crippen molar-refractivity contribution >= 4 is 17.5 Å². The van der Waals surface area contributed by atoms with Gasteiger partial charge >= 0.3 is 0 Å². The third-order valence-corrected chi connectivity index (χ3v) is 6.84. The van der Waals surface area contributed by atoms with Gasteiger partial charge in [-0.3, -0.25) is 10.1 Å². The molecule has 4 heterocycles. The molecule has 4 aliphatic rings. The lowest BCUT2D eigenvalue weighted by molar-refractivity contribution is -0.129. The van der Waals surface area contributed by atoms with Crippen LogP contribution >= 0.6 is 11.6 Å². The van der Waals surface area contributed by atoms with Crippen LogP contribution in [0.5, 0.6) is 0 Å². The zero-order valence-electron chi connectivity index (χ0n) is 16.6. The molecule has 0 aromatic carbocycles. The second-order valence-electron chi connectivity index (χ2n) is 8.54. The largest absolute Gasteiger partial charge is 0.374 e. The lowest BCUT2D eigenvalue weighted by Gasteiger charge is -2.37. The van der Waals surface area contributed by atoms with Crippen LogP contribution in [-0.2, 0) is 9.53 Å². The van der Waals surface area contributed by atoms with Crippen LogP contribution in [-0.4, -0.2) is 98.1 Å². The predicted octanol–water partition coefficient (Wildman–Crippen LogP) is -1.80. The number of hydrogen-bond acceptors (Lipinski definition) is 8. The van der Waals surface area contributed by atoms with Crippen molar-refractivity contribution in [3.63, 3.8) is 0 Å². The third kappa shape index (κ3) is 4.46. The molecule has 0 aromatic heterocycles. The number of nitrogens with one attached hydrogen (secondary N) is 4. The molecule has 0 saturated carbocycles. The van der Waals surface area contributed by atoms with Crippen molar-refractivity contribution in [1.29, 1.82) is 0 Å². The van der Waals surface area contributed by atoms with E-state index in [1.807, 2.05) is 5.01 Å². The number of fused-ring (bicyclic) bond motifs is 1. The van der Waals surface area contributed by atoms with Gasteiger partial charge < -0.3 is 26.0 Å². The maximum absolute atomic E-state index is 13.1. The molecule has 0 aliphatic carbocycles. The van der Waals surface area contributed by atoms with Crippen molar-refractivity contribution in [2.75, 3.05) is 46.4 Å². The van der Waals surface area contributed by atoms with Gasteiger partial charge in [-0.25, -0.2) is 10.4 Å². The Labute approximate surface area is 172 Å². The molecule has 4 fully saturated rings. The van der Waals surface area contributed by atoms with E-state index in [4.69, 9.17) is 22.1 Å². The van der Waals surface area contributed by atoms with E-state index in [0.717, 1.165) is 32.7 Å². The van der Waals surface area contributed by atoms with Gasteiger partial charge in [-0.05, 0) is 39.4 Å². The highest BCUT2D eigenvalue weighted by Crippen LogP contribution is 2.23. The smallest absolute Gasteiger partial charge is 0.229 e. The van der Waals surface area contributed by atoms with Crippen LogP contribution in [0, 0.1) is 5.92 Å². The van der Waals surface area contributed by atoms with E-state index >= 15 is 0 Å². The Morgan fingerprint density at radius 2 is 2.21 bits per heavy atom. The van der Waals surface area contributed by atoms with E-state index in [2.05, 4.69) is 33.3 Å². The van der Waals surface area contributed by atoms with Crippen LogP contribution < -0.4 is 27.1 Å². The normalized spacial score (nSPS) is 42.5. The Morgan fingerprint density at radius 1 is 1.36 bits per heavy atom. The number of carbonyl (C=O) groups is 1. The maximum atomic E-state index is 13.1. The van der Waals surface area contributed by atoms with E-state index in [0.29, 0.717) is 19.1 Å². The third-order valence-electron chi connectivity index (χ3n) is 6.54. The van der Waals surface area contributed by atoms with Gasteiger partial charge in [-0.1, -0.05) is 0 Å². The van der Waals surface area contributed by atoms with E-state index in [9.17, 15) is 4.79 Å². The Morgan fingerprint density at radius 3 is 3.00 bits per heavy atom. The van der Waals surface area contributed by atoms with Gasteiger partial charge in [-0.15, -0.1) is 11.6 Å². The highest BCUT2D eigenvalue weighted by molar-refractivity contribution is 6.21. The average Bonchev–Trinajstić information content (AvgIpc) is 3.22. The average molecular weight is 416 g/mol. The van der Waals surface area contributed by atoms with Gasteiger partial charge in [0.05, 0.1) is 42.4 Å². The lowest BCUT2D eigenvalue weighted by atomic mass is 9.98. The number of likely N-dealkylation sites (tertiary alicyclic amines) is 1. The second-order valence-corrected chi connectivity index (χ2v) is 9.16. The molecule has 0 aromatic rings. The van der Waals surface area contributed by atoms with Gasteiger partial charge in [-0.2, -0.15) is 0 Å². The number of rotatable bonds is 5. The van der Waals surface area contributed by atoms with Crippen molar-refractivity contribution in [3.8, 4) is 0 Å². The first kappa shape index (κ1) is 20.7. The van der Waals surface area contributed by atoms with Gasteiger partial charge in [0.2, 0.25) is 5.91 Å². The Hall–Kier alpha value is -0.520. The monoisotopic (exact) mass is 415 g/mol. The molecule has 0 radical (unpaired) electrons. The van der Waals surface area contributed by atoms with Crippen LogP contribution in [0.1, 0.15) is 19.3 Å². The fourth-order valence-electron chi connectivity index (χ4n) is 4.86. The van der Waals surface area contributed by atoms with Gasteiger partial charge in [0.15, 0.2) is 0 Å². The van der Waals surface area contributed by atoms with Gasteiger partial charge in [0.1, 0.15) is 0 Å². The highest BCUT2D eigenvalue weighted by atomic mass is 35.5. The van der Waals surface area contributed by atoms with Crippen molar-refractivity contribution in [2.24, 2.45) is 11.7 Å². The predicted molar refractivity (Wildman–Crippen MR) is 108 cm³/mol.